The number of rotatable bonds is 6. The van der Waals surface area contributed by atoms with Crippen LogP contribution >= 0.6 is 0 Å². The number of ether oxygens (including phenoxy) is 2. The molecule has 1 aromatic carbocycles. The first-order chi connectivity index (χ1) is 15.8. The van der Waals surface area contributed by atoms with Crippen molar-refractivity contribution in [1.29, 1.82) is 0 Å². The number of pyridine rings is 1. The lowest BCUT2D eigenvalue weighted by molar-refractivity contribution is -0.159. The van der Waals surface area contributed by atoms with Crippen LogP contribution in [0.4, 0.5) is 5.69 Å². The molecule has 0 amide bonds. The van der Waals surface area contributed by atoms with Crippen molar-refractivity contribution < 1.29 is 14.3 Å². The van der Waals surface area contributed by atoms with Crippen LogP contribution in [0.5, 0.6) is 0 Å². The number of hydrogen-bond donors (Lipinski definition) is 3. The minimum atomic E-state index is -0.321. The lowest BCUT2D eigenvalue weighted by Crippen LogP contribution is -2.48. The van der Waals surface area contributed by atoms with Gasteiger partial charge in [-0.25, -0.2) is 4.98 Å². The van der Waals surface area contributed by atoms with E-state index in [0.717, 1.165) is 66.9 Å². The molecule has 2 fully saturated rings. The van der Waals surface area contributed by atoms with Crippen molar-refractivity contribution in [2.24, 2.45) is 0 Å². The molecule has 2 aliphatic heterocycles. The topological polar surface area (TPSA) is 93.3 Å². The van der Waals surface area contributed by atoms with Gasteiger partial charge in [-0.3, -0.25) is 15.4 Å². The van der Waals surface area contributed by atoms with Gasteiger partial charge in [0.05, 0.1) is 35.7 Å². The molecule has 6 rings (SSSR count). The van der Waals surface area contributed by atoms with Gasteiger partial charge in [-0.05, 0) is 24.5 Å². The molecule has 1 spiro atoms. The minimum absolute atomic E-state index is 0.196. The van der Waals surface area contributed by atoms with Crippen LogP contribution in [0.15, 0.2) is 48.8 Å². The minimum Gasteiger partial charge on any atom is -0.381 e. The number of fused-ring (bicyclic) bond motifs is 1. The lowest BCUT2D eigenvalue weighted by Gasteiger charge is -2.41. The third kappa shape index (κ3) is 3.74. The van der Waals surface area contributed by atoms with Gasteiger partial charge in [-0.1, -0.05) is 30.3 Å². The van der Waals surface area contributed by atoms with E-state index in [-0.39, 0.29) is 11.7 Å². The number of aromatic nitrogens is 3. The number of hydroxylamine groups is 1. The summed E-state index contributed by atoms with van der Waals surface area (Å²) in [4.78, 5) is 10.6. The molecule has 2 aromatic heterocycles. The zero-order valence-corrected chi connectivity index (χ0v) is 17.8. The van der Waals surface area contributed by atoms with Crippen LogP contribution in [0.25, 0.3) is 16.7 Å². The van der Waals surface area contributed by atoms with E-state index >= 15 is 0 Å². The molecule has 1 saturated carbocycles. The number of anilines is 1. The quantitative estimate of drug-likeness (QED) is 0.547. The third-order valence-corrected chi connectivity index (χ3v) is 6.59. The standard InChI is InChI=1S/C24H27N5O3/c1-2-4-16(5-3-1)15-31-18-10-24(11-18)12-21(29-32-24)19-13-25-23-20(14-26-28-23)22(19)27-17-6-8-30-9-7-17/h1-5,12-14,17-18,29H,6-11,15H2,(H2,25,26,27,28). The maximum atomic E-state index is 6.08. The Hall–Kier alpha value is -2.94. The Morgan fingerprint density at radius 3 is 2.81 bits per heavy atom. The molecule has 0 unspecified atom stereocenters. The van der Waals surface area contributed by atoms with Crippen molar-refractivity contribution in [3.8, 4) is 0 Å². The van der Waals surface area contributed by atoms with E-state index in [9.17, 15) is 0 Å². The van der Waals surface area contributed by atoms with Gasteiger partial charge in [0.25, 0.3) is 0 Å². The normalized spacial score (nSPS) is 25.5. The van der Waals surface area contributed by atoms with Gasteiger partial charge in [0.15, 0.2) is 5.65 Å². The summed E-state index contributed by atoms with van der Waals surface area (Å²) >= 11 is 0. The Kier molecular flexibility index (Phi) is 5.05. The molecule has 4 heterocycles. The van der Waals surface area contributed by atoms with Gasteiger partial charge in [0.1, 0.15) is 5.60 Å². The van der Waals surface area contributed by atoms with Crippen LogP contribution in [0, 0.1) is 0 Å². The highest BCUT2D eigenvalue weighted by Gasteiger charge is 2.48. The highest BCUT2D eigenvalue weighted by atomic mass is 16.7. The van der Waals surface area contributed by atoms with Crippen molar-refractivity contribution in [1.82, 2.24) is 20.7 Å². The monoisotopic (exact) mass is 433 g/mol. The van der Waals surface area contributed by atoms with Gasteiger partial charge in [-0.15, -0.1) is 0 Å². The fourth-order valence-electron chi connectivity index (χ4n) is 4.73. The van der Waals surface area contributed by atoms with E-state index in [1.807, 2.05) is 30.6 Å². The zero-order valence-electron chi connectivity index (χ0n) is 17.8. The smallest absolute Gasteiger partial charge is 0.157 e. The molecule has 1 aliphatic carbocycles. The molecule has 0 atom stereocenters. The van der Waals surface area contributed by atoms with Crippen LogP contribution < -0.4 is 10.8 Å². The molecular formula is C24H27N5O3. The molecule has 166 valence electrons. The SMILES string of the molecule is C1=C(c2cnc3[nH]ncc3c2NC2CCOCC2)NOC12CC(OCc1ccccc1)C2. The fourth-order valence-corrected chi connectivity index (χ4v) is 4.73. The number of hydrogen-bond acceptors (Lipinski definition) is 7. The number of H-pyrrole nitrogens is 1. The predicted molar refractivity (Wildman–Crippen MR) is 121 cm³/mol. The summed E-state index contributed by atoms with van der Waals surface area (Å²) in [5.41, 5.74) is 7.78. The average molecular weight is 434 g/mol. The highest BCUT2D eigenvalue weighted by Crippen LogP contribution is 2.45. The summed E-state index contributed by atoms with van der Waals surface area (Å²) in [7, 11) is 0. The van der Waals surface area contributed by atoms with Gasteiger partial charge in [0, 0.05) is 43.9 Å². The summed E-state index contributed by atoms with van der Waals surface area (Å²) in [6, 6.07) is 10.6. The van der Waals surface area contributed by atoms with E-state index in [2.05, 4.69) is 44.2 Å². The van der Waals surface area contributed by atoms with Crippen molar-refractivity contribution in [3.05, 3.63) is 59.9 Å². The first kappa shape index (κ1) is 19.7. The molecular weight excluding hydrogens is 406 g/mol. The molecule has 32 heavy (non-hydrogen) atoms. The predicted octanol–water partition coefficient (Wildman–Crippen LogP) is 3.54. The molecule has 1 saturated heterocycles. The summed E-state index contributed by atoms with van der Waals surface area (Å²) in [6.45, 7) is 2.19. The summed E-state index contributed by atoms with van der Waals surface area (Å²) in [5, 5.41) is 11.9. The van der Waals surface area contributed by atoms with Crippen LogP contribution in [0.2, 0.25) is 0 Å². The Balaban J connectivity index is 1.19. The molecule has 8 nitrogen and oxygen atoms in total. The van der Waals surface area contributed by atoms with Crippen molar-refractivity contribution in [2.45, 2.75) is 50.0 Å². The highest BCUT2D eigenvalue weighted by molar-refractivity contribution is 5.95. The second-order valence-electron chi connectivity index (χ2n) is 8.86. The van der Waals surface area contributed by atoms with Crippen LogP contribution in [0.1, 0.15) is 36.8 Å². The molecule has 3 aromatic rings. The van der Waals surface area contributed by atoms with E-state index < -0.39 is 0 Å². The van der Waals surface area contributed by atoms with Crippen molar-refractivity contribution in [2.75, 3.05) is 18.5 Å². The Morgan fingerprint density at radius 2 is 1.97 bits per heavy atom. The van der Waals surface area contributed by atoms with Crippen LogP contribution in [-0.4, -0.2) is 46.1 Å². The average Bonchev–Trinajstić information content (AvgIpc) is 3.46. The van der Waals surface area contributed by atoms with Crippen molar-refractivity contribution in [3.63, 3.8) is 0 Å². The summed E-state index contributed by atoms with van der Waals surface area (Å²) in [5.74, 6) is 0. The molecule has 3 aliphatic rings. The number of nitrogens with zero attached hydrogens (tertiary/aromatic N) is 2. The van der Waals surface area contributed by atoms with E-state index in [4.69, 9.17) is 14.3 Å². The van der Waals surface area contributed by atoms with E-state index in [0.29, 0.717) is 12.6 Å². The van der Waals surface area contributed by atoms with E-state index in [1.54, 1.807) is 0 Å². The molecule has 3 N–H and O–H groups in total. The first-order valence-electron chi connectivity index (χ1n) is 11.3. The fraction of sp³-hybridized carbons (Fsp3) is 0.417. The zero-order chi connectivity index (χ0) is 21.4. The van der Waals surface area contributed by atoms with Gasteiger partial charge in [0.2, 0.25) is 0 Å². The maximum Gasteiger partial charge on any atom is 0.157 e. The van der Waals surface area contributed by atoms with Crippen molar-refractivity contribution >= 4 is 22.4 Å². The van der Waals surface area contributed by atoms with E-state index in [1.165, 1.54) is 5.56 Å². The Labute approximate surface area is 186 Å². The molecule has 0 radical (unpaired) electrons. The van der Waals surface area contributed by atoms with Gasteiger partial charge in [-0.2, -0.15) is 5.10 Å². The number of nitrogens with one attached hydrogen (secondary N) is 3. The largest absolute Gasteiger partial charge is 0.381 e. The first-order valence-corrected chi connectivity index (χ1v) is 11.3. The molecule has 0 bridgehead atoms. The lowest BCUT2D eigenvalue weighted by atomic mass is 9.77. The number of aromatic amines is 1. The van der Waals surface area contributed by atoms with Gasteiger partial charge < -0.3 is 14.8 Å². The number of benzene rings is 1. The maximum absolute atomic E-state index is 6.08. The Morgan fingerprint density at radius 1 is 1.12 bits per heavy atom. The van der Waals surface area contributed by atoms with Crippen LogP contribution in [0.3, 0.4) is 0 Å². The van der Waals surface area contributed by atoms with Gasteiger partial charge >= 0.3 is 0 Å². The third-order valence-electron chi connectivity index (χ3n) is 6.59. The second kappa shape index (κ2) is 8.20. The summed E-state index contributed by atoms with van der Waals surface area (Å²) in [6.07, 6.45) is 9.72. The molecule has 8 heteroatoms. The summed E-state index contributed by atoms with van der Waals surface area (Å²) < 4.78 is 11.6. The van der Waals surface area contributed by atoms with Crippen LogP contribution in [-0.2, 0) is 20.9 Å². The Bertz CT molecular complexity index is 1120. The second-order valence-corrected chi connectivity index (χ2v) is 8.86.